The molecule has 27 heavy (non-hydrogen) atoms. The maximum Gasteiger partial charge on any atom is 0.180 e. The van der Waals surface area contributed by atoms with Gasteiger partial charge in [0.25, 0.3) is 0 Å². The molecule has 0 saturated carbocycles. The van der Waals surface area contributed by atoms with E-state index in [-0.39, 0.29) is 24.8 Å². The molecule has 0 atom stereocenters. The molecule has 2 heterocycles. The highest BCUT2D eigenvalue weighted by atomic mass is 35.5. The Kier molecular flexibility index (Phi) is 10.5. The van der Waals surface area contributed by atoms with Gasteiger partial charge >= 0.3 is 0 Å². The normalized spacial score (nSPS) is 9.85. The van der Waals surface area contributed by atoms with Crippen molar-refractivity contribution in [3.05, 3.63) is 75.2 Å². The summed E-state index contributed by atoms with van der Waals surface area (Å²) >= 11 is 8.06. The highest BCUT2D eigenvalue weighted by molar-refractivity contribution is 7.09. The number of nitrogens with zero attached hydrogens (tertiary/aromatic N) is 1. The quantitative estimate of drug-likeness (QED) is 0.494. The van der Waals surface area contributed by atoms with Crippen molar-refractivity contribution in [1.29, 1.82) is 0 Å². The Balaban J connectivity index is 0.00000182. The molecule has 0 amide bonds. The summed E-state index contributed by atoms with van der Waals surface area (Å²) in [6.07, 6.45) is 3.62. The Bertz CT molecular complexity index is 802. The van der Waals surface area contributed by atoms with E-state index in [1.807, 2.05) is 48.0 Å². The van der Waals surface area contributed by atoms with Crippen LogP contribution >= 0.6 is 47.8 Å². The van der Waals surface area contributed by atoms with Crippen molar-refractivity contribution in [2.75, 3.05) is 7.11 Å². The van der Waals surface area contributed by atoms with Crippen LogP contribution in [-0.4, -0.2) is 12.1 Å². The van der Waals surface area contributed by atoms with E-state index in [4.69, 9.17) is 21.1 Å². The molecule has 2 aromatic heterocycles. The van der Waals surface area contributed by atoms with E-state index in [1.54, 1.807) is 24.6 Å². The Morgan fingerprint density at radius 1 is 1.11 bits per heavy atom. The number of hydrogen-bond donors (Lipinski definition) is 1. The van der Waals surface area contributed by atoms with Crippen molar-refractivity contribution in [3.63, 3.8) is 0 Å². The van der Waals surface area contributed by atoms with Gasteiger partial charge in [-0.15, -0.1) is 36.2 Å². The lowest BCUT2D eigenvalue weighted by molar-refractivity contribution is 0.287. The fourth-order valence-electron chi connectivity index (χ4n) is 2.41. The Hall–Kier alpha value is -1.50. The molecule has 0 saturated heterocycles. The summed E-state index contributed by atoms with van der Waals surface area (Å²) in [7, 11) is 1.62. The lowest BCUT2D eigenvalue weighted by atomic mass is 10.2. The number of hydrogen-bond acceptors (Lipinski definition) is 5. The SMILES string of the molecule is COc1cc(CNCc2cccnc2)cc(Cl)c1OCc1cccs1.Cl.Cl. The van der Waals surface area contributed by atoms with Gasteiger partial charge in [0, 0.05) is 30.4 Å². The van der Waals surface area contributed by atoms with E-state index >= 15 is 0 Å². The van der Waals surface area contributed by atoms with Crippen LogP contribution < -0.4 is 14.8 Å². The van der Waals surface area contributed by atoms with Crippen molar-refractivity contribution in [2.24, 2.45) is 0 Å². The number of ether oxygens (including phenoxy) is 2. The minimum absolute atomic E-state index is 0. The van der Waals surface area contributed by atoms with E-state index in [1.165, 1.54) is 0 Å². The van der Waals surface area contributed by atoms with Crippen LogP contribution in [0.5, 0.6) is 11.5 Å². The molecule has 146 valence electrons. The number of nitrogens with one attached hydrogen (secondary N) is 1. The molecule has 0 fully saturated rings. The minimum Gasteiger partial charge on any atom is -0.493 e. The molecular formula is C19H21Cl3N2O2S. The predicted octanol–water partition coefficient (Wildman–Crippen LogP) is 5.52. The molecule has 0 spiro atoms. The third-order valence-electron chi connectivity index (χ3n) is 3.61. The van der Waals surface area contributed by atoms with Crippen LogP contribution in [0.2, 0.25) is 5.02 Å². The van der Waals surface area contributed by atoms with Gasteiger partial charge in [-0.25, -0.2) is 0 Å². The molecule has 3 rings (SSSR count). The van der Waals surface area contributed by atoms with Crippen LogP contribution in [-0.2, 0) is 19.7 Å². The minimum atomic E-state index is 0. The summed E-state index contributed by atoms with van der Waals surface area (Å²) in [6, 6.07) is 11.8. The van der Waals surface area contributed by atoms with Gasteiger partial charge in [-0.05, 0) is 40.8 Å². The van der Waals surface area contributed by atoms with Crippen LogP contribution in [0.15, 0.2) is 54.2 Å². The van der Waals surface area contributed by atoms with E-state index in [0.717, 1.165) is 22.5 Å². The lowest BCUT2D eigenvalue weighted by Gasteiger charge is -2.14. The third-order valence-corrected chi connectivity index (χ3v) is 4.74. The van der Waals surface area contributed by atoms with E-state index in [9.17, 15) is 0 Å². The second-order valence-corrected chi connectivity index (χ2v) is 6.88. The van der Waals surface area contributed by atoms with E-state index < -0.39 is 0 Å². The summed E-state index contributed by atoms with van der Waals surface area (Å²) < 4.78 is 11.3. The van der Waals surface area contributed by atoms with Crippen LogP contribution in [0.1, 0.15) is 16.0 Å². The van der Waals surface area contributed by atoms with E-state index in [0.29, 0.717) is 29.7 Å². The number of rotatable bonds is 8. The zero-order chi connectivity index (χ0) is 17.5. The topological polar surface area (TPSA) is 43.4 Å². The average Bonchev–Trinajstić information content (AvgIpc) is 3.15. The van der Waals surface area contributed by atoms with Crippen molar-refractivity contribution in [2.45, 2.75) is 19.7 Å². The number of pyridine rings is 1. The maximum atomic E-state index is 6.41. The lowest BCUT2D eigenvalue weighted by Crippen LogP contribution is -2.13. The van der Waals surface area contributed by atoms with Gasteiger partial charge in [-0.3, -0.25) is 4.98 Å². The van der Waals surface area contributed by atoms with Gasteiger partial charge in [0.2, 0.25) is 0 Å². The first kappa shape index (κ1) is 23.5. The molecule has 8 heteroatoms. The fraction of sp³-hybridized carbons (Fsp3) is 0.211. The highest BCUT2D eigenvalue weighted by Gasteiger charge is 2.12. The Morgan fingerprint density at radius 3 is 2.59 bits per heavy atom. The van der Waals surface area contributed by atoms with Crippen molar-refractivity contribution >= 4 is 47.8 Å². The smallest absolute Gasteiger partial charge is 0.180 e. The predicted molar refractivity (Wildman–Crippen MR) is 116 cm³/mol. The number of thiophene rings is 1. The molecule has 1 N–H and O–H groups in total. The zero-order valence-electron chi connectivity index (χ0n) is 14.7. The Labute approximate surface area is 180 Å². The highest BCUT2D eigenvalue weighted by Crippen LogP contribution is 2.37. The Morgan fingerprint density at radius 2 is 1.93 bits per heavy atom. The summed E-state index contributed by atoms with van der Waals surface area (Å²) in [5, 5.41) is 5.95. The third kappa shape index (κ3) is 6.87. The van der Waals surface area contributed by atoms with Crippen LogP contribution in [0, 0.1) is 0 Å². The first-order valence-electron chi connectivity index (χ1n) is 7.87. The van der Waals surface area contributed by atoms with E-state index in [2.05, 4.69) is 10.3 Å². The van der Waals surface area contributed by atoms with Crippen molar-refractivity contribution < 1.29 is 9.47 Å². The zero-order valence-corrected chi connectivity index (χ0v) is 17.9. The molecule has 3 aromatic rings. The molecule has 0 unspecified atom stereocenters. The van der Waals surface area contributed by atoms with Gasteiger partial charge < -0.3 is 14.8 Å². The molecule has 0 aliphatic carbocycles. The van der Waals surface area contributed by atoms with Gasteiger partial charge in [0.1, 0.15) is 6.61 Å². The first-order valence-corrected chi connectivity index (χ1v) is 9.13. The van der Waals surface area contributed by atoms with Crippen molar-refractivity contribution in [3.8, 4) is 11.5 Å². The summed E-state index contributed by atoms with van der Waals surface area (Å²) in [4.78, 5) is 5.25. The second-order valence-electron chi connectivity index (χ2n) is 5.44. The van der Waals surface area contributed by atoms with Crippen LogP contribution in [0.3, 0.4) is 0 Å². The van der Waals surface area contributed by atoms with Crippen LogP contribution in [0.4, 0.5) is 0 Å². The average molecular weight is 448 g/mol. The largest absolute Gasteiger partial charge is 0.493 e. The maximum absolute atomic E-state index is 6.41. The molecule has 0 aliphatic rings. The van der Waals surface area contributed by atoms with Crippen LogP contribution in [0.25, 0.3) is 0 Å². The molecule has 4 nitrogen and oxygen atoms in total. The van der Waals surface area contributed by atoms with Crippen molar-refractivity contribution in [1.82, 2.24) is 10.3 Å². The van der Waals surface area contributed by atoms with Gasteiger partial charge in [0.15, 0.2) is 11.5 Å². The summed E-state index contributed by atoms with van der Waals surface area (Å²) in [6.45, 7) is 1.90. The second kappa shape index (κ2) is 12.1. The molecule has 0 bridgehead atoms. The summed E-state index contributed by atoms with van der Waals surface area (Å²) in [5.74, 6) is 1.22. The number of benzene rings is 1. The van der Waals surface area contributed by atoms with Gasteiger partial charge in [0.05, 0.1) is 12.1 Å². The van der Waals surface area contributed by atoms with Gasteiger partial charge in [-0.2, -0.15) is 0 Å². The standard InChI is InChI=1S/C19H19ClN2O2S.2ClH/c1-23-18-9-15(12-22-11-14-4-2-6-21-10-14)8-17(20)19(18)24-13-16-5-3-7-25-16;;/h2-10,22H,11-13H2,1H3;2*1H. The number of halogens is 3. The fourth-order valence-corrected chi connectivity index (χ4v) is 3.31. The molecule has 1 aromatic carbocycles. The first-order chi connectivity index (χ1) is 12.3. The van der Waals surface area contributed by atoms with Gasteiger partial charge in [-0.1, -0.05) is 23.7 Å². The monoisotopic (exact) mass is 446 g/mol. The number of aromatic nitrogens is 1. The molecule has 0 aliphatic heterocycles. The summed E-state index contributed by atoms with van der Waals surface area (Å²) in [5.41, 5.74) is 2.17. The number of methoxy groups -OCH3 is 1. The molecular weight excluding hydrogens is 427 g/mol. The molecule has 0 radical (unpaired) electrons.